The lowest BCUT2D eigenvalue weighted by atomic mass is 10.1. The van der Waals surface area contributed by atoms with Crippen molar-refractivity contribution >= 4 is 33.2 Å². The molecule has 98 valence electrons. The van der Waals surface area contributed by atoms with E-state index in [1.165, 1.54) is 0 Å². The number of amides is 1. The third-order valence-electron chi connectivity index (χ3n) is 2.63. The Morgan fingerprint density at radius 3 is 2.74 bits per heavy atom. The lowest BCUT2D eigenvalue weighted by Crippen LogP contribution is -2.14. The van der Waals surface area contributed by atoms with E-state index in [1.807, 2.05) is 0 Å². The molecule has 0 atom stereocenters. The normalized spacial score (nSPS) is 10.2. The van der Waals surface area contributed by atoms with Crippen molar-refractivity contribution in [1.82, 2.24) is 0 Å². The average molecular weight is 321 g/mol. The summed E-state index contributed by atoms with van der Waals surface area (Å²) >= 11 is 3.29. The molecule has 0 aromatic heterocycles. The van der Waals surface area contributed by atoms with Gasteiger partial charge in [0.25, 0.3) is 5.91 Å². The van der Waals surface area contributed by atoms with Gasteiger partial charge in [0.1, 0.15) is 0 Å². The number of hydrogen-bond donors (Lipinski definition) is 3. The Labute approximate surface area is 119 Å². The molecule has 0 aliphatic rings. The predicted molar refractivity (Wildman–Crippen MR) is 78.9 cm³/mol. The van der Waals surface area contributed by atoms with Gasteiger partial charge in [-0.2, -0.15) is 0 Å². The Bertz CT molecular complexity index is 614. The first-order valence-corrected chi connectivity index (χ1v) is 6.45. The number of nitrogen functional groups attached to an aromatic ring is 1. The third-order valence-corrected chi connectivity index (χ3v) is 3.12. The quantitative estimate of drug-likeness (QED) is 0.761. The maximum atomic E-state index is 12.1. The SMILES string of the molecule is Nc1cc(Br)ccc1C(=O)Nc1cccc(CO)c1. The van der Waals surface area contributed by atoms with Gasteiger partial charge in [-0.15, -0.1) is 0 Å². The van der Waals surface area contributed by atoms with Crippen molar-refractivity contribution in [3.63, 3.8) is 0 Å². The smallest absolute Gasteiger partial charge is 0.257 e. The number of carbonyl (C=O) groups is 1. The Kier molecular flexibility index (Phi) is 4.19. The molecular formula is C14H13BrN2O2. The largest absolute Gasteiger partial charge is 0.398 e. The number of carbonyl (C=O) groups excluding carboxylic acids is 1. The molecule has 1 amide bonds. The fourth-order valence-corrected chi connectivity index (χ4v) is 2.07. The van der Waals surface area contributed by atoms with E-state index in [1.54, 1.807) is 42.5 Å². The molecule has 0 spiro atoms. The number of aliphatic hydroxyl groups is 1. The van der Waals surface area contributed by atoms with Crippen LogP contribution in [0.1, 0.15) is 15.9 Å². The molecule has 0 heterocycles. The minimum absolute atomic E-state index is 0.0653. The molecule has 4 nitrogen and oxygen atoms in total. The number of nitrogens with one attached hydrogen (secondary N) is 1. The Morgan fingerprint density at radius 1 is 1.26 bits per heavy atom. The summed E-state index contributed by atoms with van der Waals surface area (Å²) < 4.78 is 0.823. The first kappa shape index (κ1) is 13.6. The molecule has 2 rings (SSSR count). The lowest BCUT2D eigenvalue weighted by molar-refractivity contribution is 0.102. The molecule has 0 fully saturated rings. The summed E-state index contributed by atoms with van der Waals surface area (Å²) in [5.74, 6) is -0.278. The van der Waals surface area contributed by atoms with E-state index in [2.05, 4.69) is 21.2 Å². The highest BCUT2D eigenvalue weighted by Crippen LogP contribution is 2.20. The fraction of sp³-hybridized carbons (Fsp3) is 0.0714. The van der Waals surface area contributed by atoms with Gasteiger partial charge in [0.2, 0.25) is 0 Å². The minimum Gasteiger partial charge on any atom is -0.398 e. The lowest BCUT2D eigenvalue weighted by Gasteiger charge is -2.08. The first-order chi connectivity index (χ1) is 9.10. The van der Waals surface area contributed by atoms with Gasteiger partial charge in [0.05, 0.1) is 12.2 Å². The molecule has 4 N–H and O–H groups in total. The van der Waals surface area contributed by atoms with E-state index < -0.39 is 0 Å². The second-order valence-corrected chi connectivity index (χ2v) is 4.96. The van der Waals surface area contributed by atoms with Crippen LogP contribution < -0.4 is 11.1 Å². The fourth-order valence-electron chi connectivity index (χ4n) is 1.69. The van der Waals surface area contributed by atoms with Gasteiger partial charge in [0.15, 0.2) is 0 Å². The van der Waals surface area contributed by atoms with E-state index in [0.29, 0.717) is 16.9 Å². The summed E-state index contributed by atoms with van der Waals surface area (Å²) in [4.78, 5) is 12.1. The molecule has 2 aromatic carbocycles. The van der Waals surface area contributed by atoms with E-state index in [0.717, 1.165) is 10.0 Å². The maximum absolute atomic E-state index is 12.1. The van der Waals surface area contributed by atoms with Gasteiger partial charge in [-0.1, -0.05) is 28.1 Å². The highest BCUT2D eigenvalue weighted by Gasteiger charge is 2.10. The molecular weight excluding hydrogens is 308 g/mol. The number of nitrogens with two attached hydrogens (primary N) is 1. The maximum Gasteiger partial charge on any atom is 0.257 e. The van der Waals surface area contributed by atoms with E-state index in [4.69, 9.17) is 10.8 Å². The molecule has 2 aromatic rings. The van der Waals surface area contributed by atoms with Crippen LogP contribution in [-0.2, 0) is 6.61 Å². The van der Waals surface area contributed by atoms with Crippen LogP contribution in [0.5, 0.6) is 0 Å². The average Bonchev–Trinajstić information content (AvgIpc) is 2.38. The highest BCUT2D eigenvalue weighted by atomic mass is 79.9. The molecule has 0 aliphatic heterocycles. The van der Waals surface area contributed by atoms with Crippen molar-refractivity contribution < 1.29 is 9.90 Å². The van der Waals surface area contributed by atoms with Crippen molar-refractivity contribution in [3.8, 4) is 0 Å². The van der Waals surface area contributed by atoms with Crippen LogP contribution in [0, 0.1) is 0 Å². The van der Waals surface area contributed by atoms with Gasteiger partial charge >= 0.3 is 0 Å². The highest BCUT2D eigenvalue weighted by molar-refractivity contribution is 9.10. The van der Waals surface area contributed by atoms with Crippen LogP contribution in [0.15, 0.2) is 46.9 Å². The number of aliphatic hydroxyl groups excluding tert-OH is 1. The number of benzene rings is 2. The number of rotatable bonds is 3. The standard InChI is InChI=1S/C14H13BrN2O2/c15-10-4-5-12(13(16)7-10)14(19)17-11-3-1-2-9(6-11)8-18/h1-7,18H,8,16H2,(H,17,19). The predicted octanol–water partition coefficient (Wildman–Crippen LogP) is 2.78. The minimum atomic E-state index is -0.278. The zero-order valence-corrected chi connectivity index (χ0v) is 11.6. The molecule has 0 saturated carbocycles. The summed E-state index contributed by atoms with van der Waals surface area (Å²) in [5, 5.41) is 11.8. The second kappa shape index (κ2) is 5.86. The molecule has 0 unspecified atom stereocenters. The third kappa shape index (κ3) is 3.33. The van der Waals surface area contributed by atoms with E-state index >= 15 is 0 Å². The Balaban J connectivity index is 2.20. The zero-order chi connectivity index (χ0) is 13.8. The number of anilines is 2. The summed E-state index contributed by atoms with van der Waals surface area (Å²) in [5.41, 5.74) is 7.98. The molecule has 0 radical (unpaired) electrons. The number of halogens is 1. The van der Waals surface area contributed by atoms with Crippen LogP contribution in [0.2, 0.25) is 0 Å². The second-order valence-electron chi connectivity index (χ2n) is 4.04. The number of hydrogen-bond acceptors (Lipinski definition) is 3. The Hall–Kier alpha value is -1.85. The summed E-state index contributed by atoms with van der Waals surface area (Å²) in [7, 11) is 0. The van der Waals surface area contributed by atoms with Gasteiger partial charge in [0, 0.05) is 15.8 Å². The summed E-state index contributed by atoms with van der Waals surface area (Å²) in [6, 6.07) is 12.1. The van der Waals surface area contributed by atoms with Gasteiger partial charge in [-0.25, -0.2) is 0 Å². The topological polar surface area (TPSA) is 75.4 Å². The van der Waals surface area contributed by atoms with Crippen LogP contribution in [0.4, 0.5) is 11.4 Å². The van der Waals surface area contributed by atoms with Crippen molar-refractivity contribution in [2.45, 2.75) is 6.61 Å². The van der Waals surface area contributed by atoms with Gasteiger partial charge in [-0.3, -0.25) is 4.79 Å². The Morgan fingerprint density at radius 2 is 2.05 bits per heavy atom. The van der Waals surface area contributed by atoms with Crippen LogP contribution >= 0.6 is 15.9 Å². The van der Waals surface area contributed by atoms with Crippen LogP contribution in [0.3, 0.4) is 0 Å². The monoisotopic (exact) mass is 320 g/mol. The summed E-state index contributed by atoms with van der Waals surface area (Å²) in [6.45, 7) is -0.0653. The summed E-state index contributed by atoms with van der Waals surface area (Å²) in [6.07, 6.45) is 0. The molecule has 0 aliphatic carbocycles. The molecule has 19 heavy (non-hydrogen) atoms. The first-order valence-electron chi connectivity index (χ1n) is 5.66. The molecule has 0 saturated heterocycles. The van der Waals surface area contributed by atoms with Crippen molar-refractivity contribution in [1.29, 1.82) is 0 Å². The molecule has 0 bridgehead atoms. The van der Waals surface area contributed by atoms with E-state index in [9.17, 15) is 4.79 Å². The van der Waals surface area contributed by atoms with Crippen molar-refractivity contribution in [2.24, 2.45) is 0 Å². The van der Waals surface area contributed by atoms with Crippen molar-refractivity contribution in [2.75, 3.05) is 11.1 Å². The van der Waals surface area contributed by atoms with E-state index in [-0.39, 0.29) is 12.5 Å². The van der Waals surface area contributed by atoms with Gasteiger partial charge in [-0.05, 0) is 35.9 Å². The van der Waals surface area contributed by atoms with Gasteiger partial charge < -0.3 is 16.2 Å². The van der Waals surface area contributed by atoms with Crippen LogP contribution in [0.25, 0.3) is 0 Å². The van der Waals surface area contributed by atoms with Crippen LogP contribution in [-0.4, -0.2) is 11.0 Å². The molecule has 5 heteroatoms. The zero-order valence-electron chi connectivity index (χ0n) is 10.1. The van der Waals surface area contributed by atoms with Crippen molar-refractivity contribution in [3.05, 3.63) is 58.1 Å².